The predicted octanol–water partition coefficient (Wildman–Crippen LogP) is 15.6. The minimum absolute atomic E-state index is 0.324. The zero-order chi connectivity index (χ0) is 41.2. The van der Waals surface area contributed by atoms with Crippen molar-refractivity contribution in [1.29, 1.82) is 0 Å². The normalized spacial score (nSPS) is 14.3. The molecule has 2 nitrogen and oxygen atoms in total. The molecule has 1 heterocycles. The van der Waals surface area contributed by atoms with Crippen molar-refractivity contribution >= 4 is 32.3 Å². The van der Waals surface area contributed by atoms with Gasteiger partial charge in [0.2, 0.25) is 0 Å². The van der Waals surface area contributed by atoms with Crippen molar-refractivity contribution in [1.82, 2.24) is 9.97 Å². The molecule has 290 valence electrons. The highest BCUT2D eigenvalue weighted by atomic mass is 14.9. The monoisotopic (exact) mass is 788 g/mol. The lowest BCUT2D eigenvalue weighted by molar-refractivity contribution is 0.714. The number of hydrogen-bond acceptors (Lipinski definition) is 2. The maximum absolute atomic E-state index is 5.50. The molecule has 0 spiro atoms. The number of aromatic nitrogens is 2. The van der Waals surface area contributed by atoms with E-state index >= 15 is 0 Å². The molecule has 0 amide bonds. The van der Waals surface area contributed by atoms with Gasteiger partial charge in [0, 0.05) is 22.1 Å². The molecule has 0 N–H and O–H groups in total. The molecular weight excluding hydrogens is 749 g/mol. The third-order valence-electron chi connectivity index (χ3n) is 13.2. The zero-order valence-corrected chi connectivity index (χ0v) is 34.3. The SMILES string of the molecule is CC1(c2ccccc2)c2ccccc2-c2c(-c3cc(-c4ccccc4-c4ccccc4)nc(-c4ccc(-c5c6ccccc6cc6c5ccc5ccccc56)cc4)n3)cccc21. The summed E-state index contributed by atoms with van der Waals surface area (Å²) in [5.74, 6) is 0.690. The Kier molecular flexibility index (Phi) is 8.33. The summed E-state index contributed by atoms with van der Waals surface area (Å²) in [7, 11) is 0. The second kappa shape index (κ2) is 14.4. The Hall–Kier alpha value is -7.94. The van der Waals surface area contributed by atoms with Gasteiger partial charge in [-0.25, -0.2) is 9.97 Å². The highest BCUT2D eigenvalue weighted by Gasteiger charge is 2.41. The van der Waals surface area contributed by atoms with E-state index in [1.54, 1.807) is 0 Å². The fourth-order valence-electron chi connectivity index (χ4n) is 10.2. The van der Waals surface area contributed by atoms with E-state index in [0.717, 1.165) is 44.8 Å². The Balaban J connectivity index is 1.07. The minimum Gasteiger partial charge on any atom is -0.228 e. The van der Waals surface area contributed by atoms with Crippen molar-refractivity contribution in [2.75, 3.05) is 0 Å². The molecule has 0 saturated carbocycles. The van der Waals surface area contributed by atoms with Crippen LogP contribution in [-0.4, -0.2) is 9.97 Å². The Morgan fingerprint density at radius 2 is 0.903 bits per heavy atom. The van der Waals surface area contributed by atoms with Crippen molar-refractivity contribution in [2.45, 2.75) is 12.3 Å². The fraction of sp³-hybridized carbons (Fsp3) is 0.0333. The lowest BCUT2D eigenvalue weighted by Crippen LogP contribution is -2.22. The molecule has 12 rings (SSSR count). The van der Waals surface area contributed by atoms with Gasteiger partial charge in [0.25, 0.3) is 0 Å². The van der Waals surface area contributed by atoms with Crippen molar-refractivity contribution in [3.8, 4) is 67.3 Å². The van der Waals surface area contributed by atoms with Crippen LogP contribution in [0.1, 0.15) is 23.6 Å². The lowest BCUT2D eigenvalue weighted by Gasteiger charge is -2.28. The Labute approximate surface area is 361 Å². The van der Waals surface area contributed by atoms with Crippen LogP contribution in [0.15, 0.2) is 224 Å². The molecule has 0 saturated heterocycles. The van der Waals surface area contributed by atoms with Gasteiger partial charge in [-0.15, -0.1) is 0 Å². The zero-order valence-electron chi connectivity index (χ0n) is 34.3. The number of nitrogens with zero attached hydrogens (tertiary/aromatic N) is 2. The highest BCUT2D eigenvalue weighted by molar-refractivity contribution is 6.20. The Morgan fingerprint density at radius 3 is 1.69 bits per heavy atom. The third kappa shape index (κ3) is 5.65. The van der Waals surface area contributed by atoms with Crippen molar-refractivity contribution in [3.05, 3.63) is 241 Å². The first-order valence-electron chi connectivity index (χ1n) is 21.4. The molecule has 10 aromatic carbocycles. The van der Waals surface area contributed by atoms with Crippen molar-refractivity contribution in [2.24, 2.45) is 0 Å². The average Bonchev–Trinajstić information content (AvgIpc) is 3.62. The molecule has 62 heavy (non-hydrogen) atoms. The molecule has 11 aromatic rings. The van der Waals surface area contributed by atoms with E-state index in [1.165, 1.54) is 65.7 Å². The van der Waals surface area contributed by atoms with Gasteiger partial charge >= 0.3 is 0 Å². The van der Waals surface area contributed by atoms with E-state index in [0.29, 0.717) is 5.82 Å². The summed E-state index contributed by atoms with van der Waals surface area (Å²) in [5, 5.41) is 7.49. The molecule has 0 radical (unpaired) electrons. The second-order valence-electron chi connectivity index (χ2n) is 16.6. The van der Waals surface area contributed by atoms with E-state index in [-0.39, 0.29) is 5.41 Å². The maximum Gasteiger partial charge on any atom is 0.160 e. The van der Waals surface area contributed by atoms with E-state index in [2.05, 4.69) is 231 Å². The summed E-state index contributed by atoms with van der Waals surface area (Å²) in [5.41, 5.74) is 15.6. The van der Waals surface area contributed by atoms with Gasteiger partial charge in [-0.3, -0.25) is 0 Å². The molecule has 2 heteroatoms. The molecule has 1 aliphatic carbocycles. The molecule has 0 bridgehead atoms. The average molecular weight is 789 g/mol. The number of benzene rings is 10. The summed E-state index contributed by atoms with van der Waals surface area (Å²) >= 11 is 0. The van der Waals surface area contributed by atoms with Gasteiger partial charge in [-0.2, -0.15) is 0 Å². The highest BCUT2D eigenvalue weighted by Crippen LogP contribution is 2.55. The van der Waals surface area contributed by atoms with Crippen LogP contribution in [0, 0.1) is 0 Å². The Bertz CT molecular complexity index is 3520. The predicted molar refractivity (Wildman–Crippen MR) is 259 cm³/mol. The summed E-state index contributed by atoms with van der Waals surface area (Å²) < 4.78 is 0. The van der Waals surface area contributed by atoms with Crippen LogP contribution in [0.4, 0.5) is 0 Å². The molecule has 0 aliphatic heterocycles. The fourth-order valence-corrected chi connectivity index (χ4v) is 10.2. The summed E-state index contributed by atoms with van der Waals surface area (Å²) in [4.78, 5) is 10.9. The topological polar surface area (TPSA) is 25.8 Å². The molecule has 0 fully saturated rings. The summed E-state index contributed by atoms with van der Waals surface area (Å²) in [6, 6.07) is 81.2. The van der Waals surface area contributed by atoms with Crippen LogP contribution < -0.4 is 0 Å². The maximum atomic E-state index is 5.50. The van der Waals surface area contributed by atoms with Crippen LogP contribution in [-0.2, 0) is 5.41 Å². The second-order valence-corrected chi connectivity index (χ2v) is 16.6. The smallest absolute Gasteiger partial charge is 0.160 e. The molecule has 1 unspecified atom stereocenters. The molecular formula is C60H40N2. The molecule has 1 aliphatic rings. The van der Waals surface area contributed by atoms with Gasteiger partial charge in [0.15, 0.2) is 5.82 Å². The standard InChI is InChI=1S/C60H40N2/c1-60(44-21-6-3-7-22-44)53-29-15-14-27-50(53)58-51(28-16-30-54(58)60)56-38-55(48-26-13-12-23-45(48)39-17-4-2-5-18-39)61-59(62-56)42-33-31-41(32-34-42)57-47-25-11-9-20-43(47)37-52-46-24-10-8-19-40(46)35-36-49(52)57/h2-38H,1H3. The first kappa shape index (κ1) is 36.0. The van der Waals surface area contributed by atoms with Crippen LogP contribution in [0.25, 0.3) is 99.6 Å². The number of rotatable bonds is 6. The summed E-state index contributed by atoms with van der Waals surface area (Å²) in [6.45, 7) is 2.37. The van der Waals surface area contributed by atoms with Gasteiger partial charge in [0.1, 0.15) is 0 Å². The van der Waals surface area contributed by atoms with E-state index in [9.17, 15) is 0 Å². The van der Waals surface area contributed by atoms with E-state index in [4.69, 9.17) is 9.97 Å². The largest absolute Gasteiger partial charge is 0.228 e. The molecule has 1 aromatic heterocycles. The third-order valence-corrected chi connectivity index (χ3v) is 13.2. The van der Waals surface area contributed by atoms with E-state index in [1.807, 2.05) is 0 Å². The Morgan fingerprint density at radius 1 is 0.323 bits per heavy atom. The van der Waals surface area contributed by atoms with Crippen LogP contribution in [0.2, 0.25) is 0 Å². The minimum atomic E-state index is -0.324. The van der Waals surface area contributed by atoms with Gasteiger partial charge in [-0.05, 0) is 101 Å². The summed E-state index contributed by atoms with van der Waals surface area (Å²) in [6.07, 6.45) is 0. The first-order valence-corrected chi connectivity index (χ1v) is 21.4. The number of fused-ring (bicyclic) bond motifs is 7. The van der Waals surface area contributed by atoms with Gasteiger partial charge in [0.05, 0.1) is 11.4 Å². The number of hydrogen-bond donors (Lipinski definition) is 0. The van der Waals surface area contributed by atoms with Gasteiger partial charge < -0.3 is 0 Å². The lowest BCUT2D eigenvalue weighted by atomic mass is 9.74. The van der Waals surface area contributed by atoms with Crippen LogP contribution in [0.5, 0.6) is 0 Å². The van der Waals surface area contributed by atoms with E-state index < -0.39 is 0 Å². The van der Waals surface area contributed by atoms with Crippen LogP contribution >= 0.6 is 0 Å². The van der Waals surface area contributed by atoms with Crippen molar-refractivity contribution < 1.29 is 0 Å². The molecule has 1 atom stereocenters. The first-order chi connectivity index (χ1) is 30.6. The van der Waals surface area contributed by atoms with Gasteiger partial charge in [-0.1, -0.05) is 212 Å². The quantitative estimate of drug-likeness (QED) is 0.124. The van der Waals surface area contributed by atoms with Crippen LogP contribution in [0.3, 0.4) is 0 Å². The van der Waals surface area contributed by atoms with Crippen molar-refractivity contribution in [3.63, 3.8) is 0 Å².